The summed E-state index contributed by atoms with van der Waals surface area (Å²) >= 11 is 6.08. The first kappa shape index (κ1) is 24.4. The van der Waals surface area contributed by atoms with Crippen LogP contribution in [-0.4, -0.2) is 73.8 Å². The van der Waals surface area contributed by atoms with Crippen LogP contribution in [0.15, 0.2) is 42.5 Å². The van der Waals surface area contributed by atoms with Gasteiger partial charge in [0.2, 0.25) is 5.78 Å². The summed E-state index contributed by atoms with van der Waals surface area (Å²) in [6.45, 7) is 6.09. The fourth-order valence-electron chi connectivity index (χ4n) is 4.76. The van der Waals surface area contributed by atoms with E-state index in [2.05, 4.69) is 4.90 Å². The second kappa shape index (κ2) is 10.7. The summed E-state index contributed by atoms with van der Waals surface area (Å²) in [5.74, 6) is -2.10. The monoisotopic (exact) mass is 484 g/mol. The summed E-state index contributed by atoms with van der Waals surface area (Å²) in [5.41, 5.74) is 1.84. The number of rotatable bonds is 8. The standard InChI is InChI=1S/C26H29ClN2O5/c1-17-16-20(33-2)8-9-21(17)24(30)22-23(18-4-6-19(27)7-5-18)29(26(32)25(22)31)11-3-10-28-12-14-34-15-13-28/h4-9,16,22-23H,3,10-15H2,1-2H3. The first-order chi connectivity index (χ1) is 16.4. The Kier molecular flexibility index (Phi) is 7.66. The smallest absolute Gasteiger partial charge is 0.291 e. The van der Waals surface area contributed by atoms with E-state index in [4.69, 9.17) is 21.1 Å². The van der Waals surface area contributed by atoms with Crippen molar-refractivity contribution in [2.24, 2.45) is 5.92 Å². The molecule has 34 heavy (non-hydrogen) atoms. The van der Waals surface area contributed by atoms with Gasteiger partial charge in [-0.3, -0.25) is 19.3 Å². The Balaban J connectivity index is 1.62. The van der Waals surface area contributed by atoms with Crippen LogP contribution in [0.2, 0.25) is 5.02 Å². The van der Waals surface area contributed by atoms with Gasteiger partial charge in [0.25, 0.3) is 5.91 Å². The number of hydrogen-bond donors (Lipinski definition) is 0. The third-order valence-corrected chi connectivity index (χ3v) is 6.83. The number of ether oxygens (including phenoxy) is 2. The molecule has 2 aliphatic rings. The van der Waals surface area contributed by atoms with Crippen molar-refractivity contribution in [3.63, 3.8) is 0 Å². The number of nitrogens with zero attached hydrogens (tertiary/aromatic N) is 2. The predicted molar refractivity (Wildman–Crippen MR) is 128 cm³/mol. The molecule has 8 heteroatoms. The van der Waals surface area contributed by atoms with Crippen LogP contribution in [0.5, 0.6) is 5.75 Å². The van der Waals surface area contributed by atoms with Gasteiger partial charge >= 0.3 is 0 Å². The Bertz CT molecular complexity index is 1070. The van der Waals surface area contributed by atoms with E-state index in [1.54, 1.807) is 61.4 Å². The van der Waals surface area contributed by atoms with Gasteiger partial charge in [0.15, 0.2) is 5.78 Å². The Morgan fingerprint density at radius 3 is 2.44 bits per heavy atom. The molecule has 7 nitrogen and oxygen atoms in total. The highest BCUT2D eigenvalue weighted by atomic mass is 35.5. The topological polar surface area (TPSA) is 76.2 Å². The molecule has 2 unspecified atom stereocenters. The number of carbonyl (C=O) groups excluding carboxylic acids is 3. The van der Waals surface area contributed by atoms with E-state index in [1.165, 1.54) is 0 Å². The van der Waals surface area contributed by atoms with Gasteiger partial charge in [0, 0.05) is 36.8 Å². The molecule has 2 atom stereocenters. The van der Waals surface area contributed by atoms with E-state index in [-0.39, 0.29) is 5.78 Å². The zero-order chi connectivity index (χ0) is 24.2. The van der Waals surface area contributed by atoms with E-state index < -0.39 is 23.7 Å². The van der Waals surface area contributed by atoms with Gasteiger partial charge in [0.1, 0.15) is 11.7 Å². The number of halogens is 1. The number of ketones is 2. The van der Waals surface area contributed by atoms with Crippen molar-refractivity contribution in [1.82, 2.24) is 9.80 Å². The quantitative estimate of drug-likeness (QED) is 0.325. The fraction of sp³-hybridized carbons (Fsp3) is 0.423. The summed E-state index contributed by atoms with van der Waals surface area (Å²) in [7, 11) is 1.56. The number of aryl methyl sites for hydroxylation is 1. The highest BCUT2D eigenvalue weighted by molar-refractivity contribution is 6.44. The second-order valence-corrected chi connectivity index (χ2v) is 9.13. The van der Waals surface area contributed by atoms with Gasteiger partial charge in [-0.1, -0.05) is 23.7 Å². The fourth-order valence-corrected chi connectivity index (χ4v) is 4.88. The van der Waals surface area contributed by atoms with Crippen LogP contribution in [0.3, 0.4) is 0 Å². The minimum atomic E-state index is -1.11. The molecule has 180 valence electrons. The first-order valence-corrected chi connectivity index (χ1v) is 11.9. The van der Waals surface area contributed by atoms with Crippen molar-refractivity contribution in [2.45, 2.75) is 19.4 Å². The molecule has 1 amide bonds. The van der Waals surface area contributed by atoms with Gasteiger partial charge in [-0.15, -0.1) is 0 Å². The highest BCUT2D eigenvalue weighted by Crippen LogP contribution is 2.39. The lowest BCUT2D eigenvalue weighted by atomic mass is 9.85. The van der Waals surface area contributed by atoms with E-state index in [1.807, 2.05) is 0 Å². The van der Waals surface area contributed by atoms with Crippen LogP contribution in [0.1, 0.15) is 33.9 Å². The number of Topliss-reactive ketones (excluding diaryl/α,β-unsaturated/α-hetero) is 2. The van der Waals surface area contributed by atoms with Gasteiger partial charge in [-0.25, -0.2) is 0 Å². The lowest BCUT2D eigenvalue weighted by molar-refractivity contribution is -0.140. The zero-order valence-corrected chi connectivity index (χ0v) is 20.2. The van der Waals surface area contributed by atoms with E-state index in [9.17, 15) is 14.4 Å². The molecule has 2 heterocycles. The Morgan fingerprint density at radius 1 is 1.09 bits per heavy atom. The SMILES string of the molecule is COc1ccc(C(=O)C2C(=O)C(=O)N(CCCN3CCOCC3)C2c2ccc(Cl)cc2)c(C)c1. The molecular weight excluding hydrogens is 456 g/mol. The molecular formula is C26H29ClN2O5. The van der Waals surface area contributed by atoms with Crippen LogP contribution in [0.25, 0.3) is 0 Å². The maximum atomic E-state index is 13.7. The number of benzene rings is 2. The molecule has 2 fully saturated rings. The van der Waals surface area contributed by atoms with E-state index in [0.29, 0.717) is 48.1 Å². The van der Waals surface area contributed by atoms with Crippen molar-refractivity contribution in [1.29, 1.82) is 0 Å². The summed E-state index contributed by atoms with van der Waals surface area (Å²) in [5, 5.41) is 0.548. The maximum absolute atomic E-state index is 13.7. The van der Waals surface area contributed by atoms with Crippen LogP contribution in [0, 0.1) is 12.8 Å². The average molecular weight is 485 g/mol. The molecule has 2 aliphatic heterocycles. The van der Waals surface area contributed by atoms with Crippen molar-refractivity contribution in [2.75, 3.05) is 46.5 Å². The molecule has 0 aromatic heterocycles. The van der Waals surface area contributed by atoms with Crippen molar-refractivity contribution < 1.29 is 23.9 Å². The molecule has 2 aromatic carbocycles. The molecule has 0 N–H and O–H groups in total. The number of likely N-dealkylation sites (tertiary alicyclic amines) is 1. The van der Waals surface area contributed by atoms with Gasteiger partial charge in [-0.05, 0) is 54.8 Å². The molecule has 2 aromatic rings. The highest BCUT2D eigenvalue weighted by Gasteiger charge is 2.51. The second-order valence-electron chi connectivity index (χ2n) is 8.69. The average Bonchev–Trinajstić information content (AvgIpc) is 3.09. The summed E-state index contributed by atoms with van der Waals surface area (Å²) < 4.78 is 10.6. The number of morpholine rings is 1. The Hall–Kier alpha value is -2.74. The Morgan fingerprint density at radius 2 is 1.79 bits per heavy atom. The number of hydrogen-bond acceptors (Lipinski definition) is 6. The first-order valence-electron chi connectivity index (χ1n) is 11.5. The van der Waals surface area contributed by atoms with E-state index in [0.717, 1.165) is 25.2 Å². The van der Waals surface area contributed by atoms with Gasteiger partial charge in [0.05, 0.1) is 26.4 Å². The maximum Gasteiger partial charge on any atom is 0.291 e. The predicted octanol–water partition coefficient (Wildman–Crippen LogP) is 3.33. The summed E-state index contributed by atoms with van der Waals surface area (Å²) in [6, 6.07) is 11.5. The van der Waals surface area contributed by atoms with Crippen LogP contribution in [-0.2, 0) is 14.3 Å². The minimum Gasteiger partial charge on any atom is -0.497 e. The largest absolute Gasteiger partial charge is 0.497 e. The summed E-state index contributed by atoms with van der Waals surface area (Å²) in [6.07, 6.45) is 0.700. The molecule has 0 bridgehead atoms. The molecule has 2 saturated heterocycles. The molecule has 0 aliphatic carbocycles. The van der Waals surface area contributed by atoms with E-state index >= 15 is 0 Å². The van der Waals surface area contributed by atoms with Crippen molar-refractivity contribution in [3.05, 3.63) is 64.2 Å². The minimum absolute atomic E-state index is 0.353. The molecule has 4 rings (SSSR count). The van der Waals surface area contributed by atoms with Crippen molar-refractivity contribution in [3.8, 4) is 5.75 Å². The number of amides is 1. The van der Waals surface area contributed by atoms with Crippen LogP contribution in [0.4, 0.5) is 0 Å². The van der Waals surface area contributed by atoms with Gasteiger partial charge in [-0.2, -0.15) is 0 Å². The van der Waals surface area contributed by atoms with Crippen LogP contribution < -0.4 is 4.74 Å². The third kappa shape index (κ3) is 5.02. The zero-order valence-electron chi connectivity index (χ0n) is 19.5. The van der Waals surface area contributed by atoms with Crippen molar-refractivity contribution >= 4 is 29.1 Å². The molecule has 0 spiro atoms. The lowest BCUT2D eigenvalue weighted by Crippen LogP contribution is -2.39. The number of methoxy groups -OCH3 is 1. The van der Waals surface area contributed by atoms with Gasteiger partial charge < -0.3 is 14.4 Å². The number of carbonyl (C=O) groups is 3. The third-order valence-electron chi connectivity index (χ3n) is 6.58. The lowest BCUT2D eigenvalue weighted by Gasteiger charge is -2.30. The normalized spacial score (nSPS) is 21.2. The molecule has 0 saturated carbocycles. The molecule has 0 radical (unpaired) electrons. The summed E-state index contributed by atoms with van der Waals surface area (Å²) in [4.78, 5) is 43.8. The Labute approximate surface area is 204 Å². The van der Waals surface area contributed by atoms with Crippen LogP contribution >= 0.6 is 11.6 Å².